The van der Waals surface area contributed by atoms with Crippen LogP contribution in [0.15, 0.2) is 66.1 Å². The fourth-order valence-electron chi connectivity index (χ4n) is 3.61. The summed E-state index contributed by atoms with van der Waals surface area (Å²) in [6, 6.07) is 10.7. The zero-order valence-corrected chi connectivity index (χ0v) is 21.8. The summed E-state index contributed by atoms with van der Waals surface area (Å²) in [6.45, 7) is 7.82. The number of aryl methyl sites for hydroxylation is 2. The number of hydrogen-bond acceptors (Lipinski definition) is 8. The van der Waals surface area contributed by atoms with Gasteiger partial charge in [-0.2, -0.15) is 0 Å². The summed E-state index contributed by atoms with van der Waals surface area (Å²) in [5, 5.41) is 4.21. The molecule has 0 saturated carbocycles. The summed E-state index contributed by atoms with van der Waals surface area (Å²) in [7, 11) is -2.47. The summed E-state index contributed by atoms with van der Waals surface area (Å²) in [5.74, 6) is 0.256. The van der Waals surface area contributed by atoms with Crippen molar-refractivity contribution in [3.8, 4) is 16.2 Å². The van der Waals surface area contributed by atoms with E-state index in [9.17, 15) is 8.42 Å². The molecule has 0 saturated heterocycles. The summed E-state index contributed by atoms with van der Waals surface area (Å²) in [5.41, 5.74) is 3.36. The number of aromatic nitrogens is 3. The molecule has 4 rings (SSSR count). The van der Waals surface area contributed by atoms with E-state index >= 15 is 0 Å². The Morgan fingerprint density at radius 2 is 1.80 bits per heavy atom. The van der Waals surface area contributed by atoms with Gasteiger partial charge in [0, 0.05) is 24.8 Å². The number of ether oxygens (including phenoxy) is 1. The van der Waals surface area contributed by atoms with Crippen LogP contribution in [0.2, 0.25) is 0 Å². The number of nitrogens with zero attached hydrogens (tertiary/aromatic N) is 3. The summed E-state index contributed by atoms with van der Waals surface area (Å²) in [6.07, 6.45) is 6.71. The third kappa shape index (κ3) is 5.28. The van der Waals surface area contributed by atoms with Crippen LogP contribution in [0.1, 0.15) is 30.7 Å². The predicted molar refractivity (Wildman–Crippen MR) is 140 cm³/mol. The normalized spacial score (nSPS) is 11.8. The van der Waals surface area contributed by atoms with E-state index in [2.05, 4.69) is 33.9 Å². The molecule has 0 aliphatic rings. The number of sulfonamides is 1. The molecule has 0 unspecified atom stereocenters. The molecule has 2 N–H and O–H groups in total. The Labute approximate surface area is 209 Å². The van der Waals surface area contributed by atoms with Crippen molar-refractivity contribution in [1.29, 1.82) is 0 Å². The van der Waals surface area contributed by atoms with E-state index in [-0.39, 0.29) is 10.6 Å². The van der Waals surface area contributed by atoms with Gasteiger partial charge in [-0.1, -0.05) is 17.4 Å². The van der Waals surface area contributed by atoms with Gasteiger partial charge in [0.2, 0.25) is 0 Å². The van der Waals surface area contributed by atoms with Gasteiger partial charge < -0.3 is 10.1 Å². The number of thiazole rings is 1. The largest absolute Gasteiger partial charge is 0.495 e. The molecule has 0 spiro atoms. The van der Waals surface area contributed by atoms with Gasteiger partial charge in [0.1, 0.15) is 10.6 Å². The molecular weight excluding hydrogens is 482 g/mol. The van der Waals surface area contributed by atoms with E-state index in [1.807, 2.05) is 31.3 Å². The molecule has 0 bridgehead atoms. The maximum absolute atomic E-state index is 13.3. The average molecular weight is 510 g/mol. The maximum Gasteiger partial charge on any atom is 0.265 e. The summed E-state index contributed by atoms with van der Waals surface area (Å²) < 4.78 is 34.6. The monoisotopic (exact) mass is 509 g/mol. The van der Waals surface area contributed by atoms with Gasteiger partial charge in [0.05, 0.1) is 28.9 Å². The molecule has 1 aromatic carbocycles. The van der Waals surface area contributed by atoms with Gasteiger partial charge >= 0.3 is 0 Å². The molecule has 0 aliphatic carbocycles. The van der Waals surface area contributed by atoms with Crippen LogP contribution in [0.4, 0.5) is 10.8 Å². The van der Waals surface area contributed by atoms with Gasteiger partial charge in [0.15, 0.2) is 5.13 Å². The highest BCUT2D eigenvalue weighted by Crippen LogP contribution is 2.38. The minimum absolute atomic E-state index is 0.0479. The van der Waals surface area contributed by atoms with Crippen LogP contribution in [-0.4, -0.2) is 30.5 Å². The number of hydrogen-bond donors (Lipinski definition) is 2. The highest BCUT2D eigenvalue weighted by atomic mass is 32.2. The minimum Gasteiger partial charge on any atom is -0.495 e. The topological polar surface area (TPSA) is 106 Å². The molecule has 35 heavy (non-hydrogen) atoms. The smallest absolute Gasteiger partial charge is 0.265 e. The number of nitrogens with one attached hydrogen (secondary N) is 2. The Morgan fingerprint density at radius 3 is 2.49 bits per heavy atom. The lowest BCUT2D eigenvalue weighted by Gasteiger charge is -2.26. The van der Waals surface area contributed by atoms with Gasteiger partial charge in [-0.25, -0.2) is 13.4 Å². The second kappa shape index (κ2) is 9.63. The van der Waals surface area contributed by atoms with E-state index in [0.717, 1.165) is 32.4 Å². The van der Waals surface area contributed by atoms with Gasteiger partial charge in [-0.3, -0.25) is 14.7 Å². The first-order valence-electron chi connectivity index (χ1n) is 10.9. The molecule has 0 radical (unpaired) electrons. The van der Waals surface area contributed by atoms with Crippen molar-refractivity contribution >= 4 is 32.2 Å². The highest BCUT2D eigenvalue weighted by molar-refractivity contribution is 7.92. The predicted octanol–water partition coefficient (Wildman–Crippen LogP) is 5.37. The van der Waals surface area contributed by atoms with Crippen LogP contribution in [0.5, 0.6) is 5.75 Å². The third-order valence-electron chi connectivity index (χ3n) is 5.58. The molecule has 4 aromatic rings. The van der Waals surface area contributed by atoms with Crippen molar-refractivity contribution in [1.82, 2.24) is 15.0 Å². The molecule has 0 amide bonds. The first-order valence-corrected chi connectivity index (χ1v) is 13.2. The fourth-order valence-corrected chi connectivity index (χ4v) is 6.05. The number of pyridine rings is 2. The molecule has 0 atom stereocenters. The quantitative estimate of drug-likeness (QED) is 0.329. The van der Waals surface area contributed by atoms with E-state index < -0.39 is 15.6 Å². The van der Waals surface area contributed by atoms with Crippen molar-refractivity contribution in [2.45, 2.75) is 38.1 Å². The third-order valence-corrected chi connectivity index (χ3v) is 8.09. The summed E-state index contributed by atoms with van der Waals surface area (Å²) in [4.78, 5) is 13.8. The molecule has 10 heteroatoms. The van der Waals surface area contributed by atoms with Crippen LogP contribution >= 0.6 is 11.3 Å². The van der Waals surface area contributed by atoms with Gasteiger partial charge in [-0.15, -0.1) is 0 Å². The molecule has 0 aliphatic heterocycles. The van der Waals surface area contributed by atoms with Crippen LogP contribution in [0, 0.1) is 13.8 Å². The van der Waals surface area contributed by atoms with E-state index in [1.165, 1.54) is 18.4 Å². The van der Waals surface area contributed by atoms with Gasteiger partial charge in [-0.05, 0) is 74.7 Å². The highest BCUT2D eigenvalue weighted by Gasteiger charge is 2.25. The van der Waals surface area contributed by atoms with Crippen LogP contribution in [0.3, 0.4) is 0 Å². The standard InChI is InChI=1S/C25H27N5O3S2/c1-16-14-27-12-10-20(16)30-35(31,32)22-13-18(8-9-21(22)33-5)23-17(2)28-24(34-23)29-25(3,4)19-7-6-11-26-15-19/h6-15H,1-5H3,(H,27,30)(H,28,29). The second-order valence-corrected chi connectivity index (χ2v) is 11.2. The van der Waals surface area contributed by atoms with Gasteiger partial charge in [0.25, 0.3) is 10.0 Å². The molecule has 3 heterocycles. The van der Waals surface area contributed by atoms with Crippen LogP contribution in [-0.2, 0) is 15.6 Å². The Bertz CT molecular complexity index is 1450. The lowest BCUT2D eigenvalue weighted by Crippen LogP contribution is -2.27. The zero-order chi connectivity index (χ0) is 25.2. The van der Waals surface area contributed by atoms with Crippen LogP contribution in [0.25, 0.3) is 10.4 Å². The van der Waals surface area contributed by atoms with Crippen LogP contribution < -0.4 is 14.8 Å². The Balaban J connectivity index is 1.68. The summed E-state index contributed by atoms with van der Waals surface area (Å²) >= 11 is 1.47. The Kier molecular flexibility index (Phi) is 6.77. The SMILES string of the molecule is COc1ccc(-c2sc(NC(C)(C)c3cccnc3)nc2C)cc1S(=O)(=O)Nc1ccncc1C. The fraction of sp³-hybridized carbons (Fsp3) is 0.240. The van der Waals surface area contributed by atoms with E-state index in [4.69, 9.17) is 9.72 Å². The molecular formula is C25H27N5O3S2. The van der Waals surface area contributed by atoms with E-state index in [1.54, 1.807) is 43.7 Å². The zero-order valence-electron chi connectivity index (χ0n) is 20.2. The molecule has 8 nitrogen and oxygen atoms in total. The Hall–Kier alpha value is -3.50. The minimum atomic E-state index is -3.92. The molecule has 182 valence electrons. The second-order valence-electron chi connectivity index (χ2n) is 8.59. The lowest BCUT2D eigenvalue weighted by atomic mass is 9.96. The van der Waals surface area contributed by atoms with Crippen molar-refractivity contribution < 1.29 is 13.2 Å². The number of anilines is 2. The first-order chi connectivity index (χ1) is 16.6. The molecule has 3 aromatic heterocycles. The van der Waals surface area contributed by atoms with Crippen molar-refractivity contribution in [3.63, 3.8) is 0 Å². The van der Waals surface area contributed by atoms with Crippen molar-refractivity contribution in [2.24, 2.45) is 0 Å². The van der Waals surface area contributed by atoms with Crippen molar-refractivity contribution in [3.05, 3.63) is 78.0 Å². The Morgan fingerprint density at radius 1 is 1.03 bits per heavy atom. The lowest BCUT2D eigenvalue weighted by molar-refractivity contribution is 0.403. The number of rotatable bonds is 8. The average Bonchev–Trinajstić information content (AvgIpc) is 3.19. The van der Waals surface area contributed by atoms with Crippen molar-refractivity contribution in [2.75, 3.05) is 17.1 Å². The maximum atomic E-state index is 13.3. The number of methoxy groups -OCH3 is 1. The molecule has 0 fully saturated rings. The van der Waals surface area contributed by atoms with E-state index in [0.29, 0.717) is 5.69 Å². The number of benzene rings is 1. The first kappa shape index (κ1) is 24.6.